The minimum Gasteiger partial charge on any atom is -0.262 e. The van der Waals surface area contributed by atoms with Crippen LogP contribution in [0.25, 0.3) is 0 Å². The third kappa shape index (κ3) is 2.03. The van der Waals surface area contributed by atoms with Gasteiger partial charge < -0.3 is 0 Å². The first-order chi connectivity index (χ1) is 5.43. The summed E-state index contributed by atoms with van der Waals surface area (Å²) in [6, 6.07) is 0. The number of nitrogens with zero attached hydrogens (tertiary/aromatic N) is 1. The number of halogens is 4. The van der Waals surface area contributed by atoms with Gasteiger partial charge in [0.15, 0.2) is 0 Å². The number of rotatable bonds is 0. The summed E-state index contributed by atoms with van der Waals surface area (Å²) in [6.45, 7) is 0. The van der Waals surface area contributed by atoms with E-state index < -0.39 is 11.7 Å². The van der Waals surface area contributed by atoms with Crippen molar-refractivity contribution in [2.75, 3.05) is 0 Å². The maximum absolute atomic E-state index is 12.2. The summed E-state index contributed by atoms with van der Waals surface area (Å²) in [5.74, 6) is 0. The lowest BCUT2D eigenvalue weighted by molar-refractivity contribution is -0.140. The molecule has 0 fully saturated rings. The van der Waals surface area contributed by atoms with Crippen molar-refractivity contribution in [3.63, 3.8) is 0 Å². The number of aromatic nitrogens is 1. The zero-order valence-electron chi connectivity index (χ0n) is 5.56. The van der Waals surface area contributed by atoms with Crippen LogP contribution in [-0.2, 0) is 6.18 Å². The molecule has 0 aromatic carbocycles. The molecule has 0 amide bonds. The summed E-state index contributed by atoms with van der Waals surface area (Å²) >= 11 is 5.25. The van der Waals surface area contributed by atoms with Crippen LogP contribution in [0.5, 0.6) is 0 Å². The van der Waals surface area contributed by atoms with Gasteiger partial charge in [-0.25, -0.2) is 0 Å². The zero-order valence-corrected chi connectivity index (χ0v) is 8.61. The SMILES string of the molecule is FC(F)(F)c1c(S)cncc1I. The molecule has 1 rings (SSSR count). The second-order valence-corrected chi connectivity index (χ2v) is 3.66. The van der Waals surface area contributed by atoms with Crippen molar-refractivity contribution in [1.82, 2.24) is 4.98 Å². The normalized spacial score (nSPS) is 11.8. The van der Waals surface area contributed by atoms with Crippen molar-refractivity contribution in [3.8, 4) is 0 Å². The first-order valence-corrected chi connectivity index (χ1v) is 4.35. The maximum atomic E-state index is 12.2. The molecule has 0 radical (unpaired) electrons. The van der Waals surface area contributed by atoms with Crippen molar-refractivity contribution in [3.05, 3.63) is 21.5 Å². The summed E-state index contributed by atoms with van der Waals surface area (Å²) in [5, 5.41) is 0. The average Bonchev–Trinajstić information content (AvgIpc) is 1.82. The third-order valence-corrected chi connectivity index (χ3v) is 2.32. The lowest BCUT2D eigenvalue weighted by atomic mass is 10.3. The van der Waals surface area contributed by atoms with Gasteiger partial charge in [-0.3, -0.25) is 4.98 Å². The van der Waals surface area contributed by atoms with Gasteiger partial charge in [-0.15, -0.1) is 12.6 Å². The first-order valence-electron chi connectivity index (χ1n) is 2.82. The molecule has 6 heteroatoms. The van der Waals surface area contributed by atoms with E-state index in [-0.39, 0.29) is 8.47 Å². The molecule has 0 saturated carbocycles. The number of alkyl halides is 3. The molecule has 0 N–H and O–H groups in total. The second-order valence-electron chi connectivity index (χ2n) is 2.01. The Morgan fingerprint density at radius 3 is 2.25 bits per heavy atom. The molecule has 66 valence electrons. The highest BCUT2D eigenvalue weighted by molar-refractivity contribution is 14.1. The number of pyridine rings is 1. The summed E-state index contributed by atoms with van der Waals surface area (Å²) in [4.78, 5) is 3.43. The molecular weight excluding hydrogens is 302 g/mol. The van der Waals surface area contributed by atoms with E-state index >= 15 is 0 Å². The van der Waals surface area contributed by atoms with E-state index in [0.29, 0.717) is 0 Å². The largest absolute Gasteiger partial charge is 0.418 e. The number of hydrogen-bond acceptors (Lipinski definition) is 2. The van der Waals surface area contributed by atoms with E-state index in [1.54, 1.807) is 22.6 Å². The Labute approximate surface area is 85.9 Å². The Morgan fingerprint density at radius 1 is 1.33 bits per heavy atom. The Balaban J connectivity index is 3.31. The molecular formula is C6H3F3INS. The van der Waals surface area contributed by atoms with Gasteiger partial charge in [-0.05, 0) is 22.6 Å². The van der Waals surface area contributed by atoms with E-state index in [0.717, 1.165) is 12.4 Å². The van der Waals surface area contributed by atoms with Gasteiger partial charge in [-0.1, -0.05) is 0 Å². The fourth-order valence-electron chi connectivity index (χ4n) is 0.705. The Kier molecular flexibility index (Phi) is 2.87. The second kappa shape index (κ2) is 3.41. The fourth-order valence-corrected chi connectivity index (χ4v) is 1.99. The Bertz CT molecular complexity index is 279. The summed E-state index contributed by atoms with van der Waals surface area (Å²) < 4.78 is 36.7. The molecule has 12 heavy (non-hydrogen) atoms. The van der Waals surface area contributed by atoms with Crippen LogP contribution in [0.4, 0.5) is 13.2 Å². The molecule has 1 aromatic heterocycles. The van der Waals surface area contributed by atoms with E-state index in [4.69, 9.17) is 0 Å². The minimum atomic E-state index is -4.35. The summed E-state index contributed by atoms with van der Waals surface area (Å²) in [7, 11) is 0. The molecule has 1 nitrogen and oxygen atoms in total. The van der Waals surface area contributed by atoms with E-state index in [1.165, 1.54) is 0 Å². The molecule has 0 bridgehead atoms. The maximum Gasteiger partial charge on any atom is 0.418 e. The Morgan fingerprint density at radius 2 is 1.92 bits per heavy atom. The topological polar surface area (TPSA) is 12.9 Å². The molecule has 0 atom stereocenters. The van der Waals surface area contributed by atoms with Gasteiger partial charge in [0.25, 0.3) is 0 Å². The van der Waals surface area contributed by atoms with Crippen LogP contribution in [0.1, 0.15) is 5.56 Å². The van der Waals surface area contributed by atoms with Crippen LogP contribution in [-0.4, -0.2) is 4.98 Å². The third-order valence-electron chi connectivity index (χ3n) is 1.16. The van der Waals surface area contributed by atoms with Crippen LogP contribution in [0, 0.1) is 3.57 Å². The van der Waals surface area contributed by atoms with Gasteiger partial charge in [-0.2, -0.15) is 13.2 Å². The average molecular weight is 305 g/mol. The van der Waals surface area contributed by atoms with Crippen LogP contribution in [0.3, 0.4) is 0 Å². The van der Waals surface area contributed by atoms with Crippen molar-refractivity contribution >= 4 is 35.2 Å². The highest BCUT2D eigenvalue weighted by Crippen LogP contribution is 2.36. The number of hydrogen-bond donors (Lipinski definition) is 1. The van der Waals surface area contributed by atoms with Gasteiger partial charge in [0.2, 0.25) is 0 Å². The van der Waals surface area contributed by atoms with Crippen LogP contribution in [0.15, 0.2) is 17.3 Å². The van der Waals surface area contributed by atoms with Gasteiger partial charge in [0.1, 0.15) is 0 Å². The van der Waals surface area contributed by atoms with Gasteiger partial charge in [0.05, 0.1) is 5.56 Å². The standard InChI is InChI=1S/C6H3F3INS/c7-6(8,9)5-3(10)1-11-2-4(5)12/h1-2,12H. The molecule has 0 aliphatic carbocycles. The highest BCUT2D eigenvalue weighted by Gasteiger charge is 2.35. The molecule has 0 aliphatic heterocycles. The van der Waals surface area contributed by atoms with Crippen molar-refractivity contribution in [2.24, 2.45) is 0 Å². The van der Waals surface area contributed by atoms with E-state index in [9.17, 15) is 13.2 Å². The first kappa shape index (κ1) is 10.1. The molecule has 0 aliphatic rings. The van der Waals surface area contributed by atoms with Crippen molar-refractivity contribution < 1.29 is 13.2 Å². The van der Waals surface area contributed by atoms with Crippen molar-refractivity contribution in [2.45, 2.75) is 11.1 Å². The van der Waals surface area contributed by atoms with Crippen LogP contribution >= 0.6 is 35.2 Å². The monoisotopic (exact) mass is 305 g/mol. The summed E-state index contributed by atoms with van der Waals surface area (Å²) in [5.41, 5.74) is -0.721. The lowest BCUT2D eigenvalue weighted by Crippen LogP contribution is -2.09. The zero-order chi connectivity index (χ0) is 9.35. The smallest absolute Gasteiger partial charge is 0.262 e. The van der Waals surface area contributed by atoms with E-state index in [2.05, 4.69) is 17.6 Å². The van der Waals surface area contributed by atoms with Crippen LogP contribution in [0.2, 0.25) is 0 Å². The van der Waals surface area contributed by atoms with Gasteiger partial charge in [0, 0.05) is 20.9 Å². The molecule has 1 aromatic rings. The minimum absolute atomic E-state index is 0.0626. The summed E-state index contributed by atoms with van der Waals surface area (Å²) in [6.07, 6.45) is -2.12. The highest BCUT2D eigenvalue weighted by atomic mass is 127. The molecule has 0 saturated heterocycles. The molecule has 1 heterocycles. The fraction of sp³-hybridized carbons (Fsp3) is 0.167. The van der Waals surface area contributed by atoms with Gasteiger partial charge >= 0.3 is 6.18 Å². The van der Waals surface area contributed by atoms with Crippen LogP contribution < -0.4 is 0 Å². The molecule has 0 unspecified atom stereocenters. The molecule has 0 spiro atoms. The predicted molar refractivity (Wildman–Crippen MR) is 49.2 cm³/mol. The van der Waals surface area contributed by atoms with E-state index in [1.807, 2.05) is 0 Å². The predicted octanol–water partition coefficient (Wildman–Crippen LogP) is 2.99. The van der Waals surface area contributed by atoms with Crippen molar-refractivity contribution in [1.29, 1.82) is 0 Å². The lowest BCUT2D eigenvalue weighted by Gasteiger charge is -2.10. The number of thiol groups is 1. The Hall–Kier alpha value is 0.0200. The quantitative estimate of drug-likeness (QED) is 0.574.